The summed E-state index contributed by atoms with van der Waals surface area (Å²) in [5.74, 6) is 1.73. The Kier molecular flexibility index (Phi) is 4.68. The van der Waals surface area contributed by atoms with Crippen molar-refractivity contribution in [2.24, 2.45) is 11.8 Å². The van der Waals surface area contributed by atoms with Crippen LogP contribution >= 0.6 is 15.9 Å². The van der Waals surface area contributed by atoms with Crippen molar-refractivity contribution in [1.82, 2.24) is 4.90 Å². The number of hydrogen-bond acceptors (Lipinski definition) is 2. The van der Waals surface area contributed by atoms with Crippen LogP contribution in [0.4, 0.5) is 5.69 Å². The van der Waals surface area contributed by atoms with Gasteiger partial charge in [0.15, 0.2) is 0 Å². The maximum Gasteiger partial charge on any atom is 0.0318 e. The van der Waals surface area contributed by atoms with Gasteiger partial charge in [0.2, 0.25) is 0 Å². The summed E-state index contributed by atoms with van der Waals surface area (Å²) in [6, 6.07) is 6.07. The van der Waals surface area contributed by atoms with Gasteiger partial charge >= 0.3 is 0 Å². The normalized spacial score (nSPS) is 18.4. The second kappa shape index (κ2) is 6.07. The van der Waals surface area contributed by atoms with E-state index in [1.807, 2.05) is 12.1 Å². The maximum atomic E-state index is 5.86. The minimum atomic E-state index is 0.825. The number of hydrogen-bond donors (Lipinski definition) is 1. The molecule has 0 aliphatic carbocycles. The molecule has 1 fully saturated rings. The van der Waals surface area contributed by atoms with Gasteiger partial charge in [-0.3, -0.25) is 4.90 Å². The zero-order valence-electron chi connectivity index (χ0n) is 11.3. The first-order valence-electron chi connectivity index (χ1n) is 6.82. The van der Waals surface area contributed by atoms with Crippen LogP contribution < -0.4 is 5.73 Å². The molecular weight excluding hydrogens is 288 g/mol. The SMILES string of the molecule is CC(C)C1CCN(Cc2cc(N)ccc2Br)CC1. The highest BCUT2D eigenvalue weighted by atomic mass is 79.9. The molecule has 0 bridgehead atoms. The zero-order valence-corrected chi connectivity index (χ0v) is 12.9. The summed E-state index contributed by atoms with van der Waals surface area (Å²) >= 11 is 3.61. The van der Waals surface area contributed by atoms with Gasteiger partial charge in [0.05, 0.1) is 0 Å². The number of rotatable bonds is 3. The van der Waals surface area contributed by atoms with Gasteiger partial charge in [-0.15, -0.1) is 0 Å². The van der Waals surface area contributed by atoms with Crippen molar-refractivity contribution in [3.8, 4) is 0 Å². The Labute approximate surface area is 119 Å². The quantitative estimate of drug-likeness (QED) is 0.858. The molecule has 1 aromatic rings. The van der Waals surface area contributed by atoms with Crippen LogP contribution in [0.15, 0.2) is 22.7 Å². The number of benzene rings is 1. The zero-order chi connectivity index (χ0) is 13.1. The van der Waals surface area contributed by atoms with Gasteiger partial charge in [-0.25, -0.2) is 0 Å². The van der Waals surface area contributed by atoms with E-state index in [-0.39, 0.29) is 0 Å². The highest BCUT2D eigenvalue weighted by Gasteiger charge is 2.21. The molecule has 0 spiro atoms. The minimum Gasteiger partial charge on any atom is -0.399 e. The van der Waals surface area contributed by atoms with Crippen molar-refractivity contribution < 1.29 is 0 Å². The third-order valence-corrected chi connectivity index (χ3v) is 4.81. The molecule has 2 N–H and O–H groups in total. The molecule has 2 rings (SSSR count). The molecule has 3 heteroatoms. The molecular formula is C15H23BrN2. The van der Waals surface area contributed by atoms with E-state index < -0.39 is 0 Å². The van der Waals surface area contributed by atoms with E-state index >= 15 is 0 Å². The second-order valence-corrected chi connectivity index (χ2v) is 6.56. The van der Waals surface area contributed by atoms with E-state index in [2.05, 4.69) is 40.7 Å². The lowest BCUT2D eigenvalue weighted by Gasteiger charge is -2.34. The maximum absolute atomic E-state index is 5.86. The van der Waals surface area contributed by atoms with Crippen LogP contribution in [0.25, 0.3) is 0 Å². The fraction of sp³-hybridized carbons (Fsp3) is 0.600. The first-order valence-corrected chi connectivity index (χ1v) is 7.62. The van der Waals surface area contributed by atoms with E-state index in [0.717, 1.165) is 24.1 Å². The van der Waals surface area contributed by atoms with Crippen LogP contribution in [0.2, 0.25) is 0 Å². The van der Waals surface area contributed by atoms with Crippen LogP contribution in [0.1, 0.15) is 32.3 Å². The third kappa shape index (κ3) is 3.48. The Morgan fingerprint density at radius 2 is 2.00 bits per heavy atom. The van der Waals surface area contributed by atoms with Gasteiger partial charge in [-0.1, -0.05) is 29.8 Å². The molecule has 0 unspecified atom stereocenters. The van der Waals surface area contributed by atoms with E-state index in [1.54, 1.807) is 0 Å². The van der Waals surface area contributed by atoms with Gasteiger partial charge in [-0.2, -0.15) is 0 Å². The monoisotopic (exact) mass is 310 g/mol. The third-order valence-electron chi connectivity index (χ3n) is 4.04. The van der Waals surface area contributed by atoms with Crippen molar-refractivity contribution in [3.05, 3.63) is 28.2 Å². The lowest BCUT2D eigenvalue weighted by Crippen LogP contribution is -2.34. The van der Waals surface area contributed by atoms with Gasteiger partial charge < -0.3 is 5.73 Å². The Morgan fingerprint density at radius 1 is 1.33 bits per heavy atom. The first kappa shape index (κ1) is 13.9. The van der Waals surface area contributed by atoms with Gasteiger partial charge in [0.1, 0.15) is 0 Å². The summed E-state index contributed by atoms with van der Waals surface area (Å²) in [7, 11) is 0. The lowest BCUT2D eigenvalue weighted by atomic mass is 9.86. The number of likely N-dealkylation sites (tertiary alicyclic amines) is 1. The number of nitrogens with zero attached hydrogens (tertiary/aromatic N) is 1. The number of anilines is 1. The van der Waals surface area contributed by atoms with Crippen molar-refractivity contribution >= 4 is 21.6 Å². The standard InChI is InChI=1S/C15H23BrN2/c1-11(2)12-5-7-18(8-6-12)10-13-9-14(17)3-4-15(13)16/h3-4,9,11-12H,5-8,10,17H2,1-2H3. The van der Waals surface area contributed by atoms with Crippen LogP contribution in [-0.4, -0.2) is 18.0 Å². The topological polar surface area (TPSA) is 29.3 Å². The van der Waals surface area contributed by atoms with Gasteiger partial charge in [0.25, 0.3) is 0 Å². The van der Waals surface area contributed by atoms with E-state index in [0.29, 0.717) is 0 Å². The molecule has 1 aromatic carbocycles. The van der Waals surface area contributed by atoms with Crippen LogP contribution in [0.3, 0.4) is 0 Å². The number of piperidine rings is 1. The van der Waals surface area contributed by atoms with Crippen molar-refractivity contribution in [2.45, 2.75) is 33.2 Å². The molecule has 2 nitrogen and oxygen atoms in total. The average molecular weight is 311 g/mol. The van der Waals surface area contributed by atoms with E-state index in [9.17, 15) is 0 Å². The highest BCUT2D eigenvalue weighted by Crippen LogP contribution is 2.27. The first-order chi connectivity index (χ1) is 8.56. The Balaban J connectivity index is 1.93. The van der Waals surface area contributed by atoms with Crippen LogP contribution in [0.5, 0.6) is 0 Å². The number of nitrogens with two attached hydrogens (primary N) is 1. The van der Waals surface area contributed by atoms with Gasteiger partial charge in [-0.05, 0) is 61.5 Å². The largest absolute Gasteiger partial charge is 0.399 e. The predicted molar refractivity (Wildman–Crippen MR) is 81.4 cm³/mol. The number of halogens is 1. The minimum absolute atomic E-state index is 0.825. The predicted octanol–water partition coefficient (Wildman–Crippen LogP) is 3.90. The molecule has 0 amide bonds. The number of nitrogen functional groups attached to an aromatic ring is 1. The summed E-state index contributed by atoms with van der Waals surface area (Å²) in [6.45, 7) is 8.12. The van der Waals surface area contributed by atoms with Crippen LogP contribution in [0, 0.1) is 11.8 Å². The molecule has 0 atom stereocenters. The molecule has 1 aliphatic heterocycles. The molecule has 1 saturated heterocycles. The van der Waals surface area contributed by atoms with Crippen LogP contribution in [-0.2, 0) is 6.54 Å². The molecule has 100 valence electrons. The summed E-state index contributed by atoms with van der Waals surface area (Å²) < 4.78 is 1.17. The fourth-order valence-electron chi connectivity index (χ4n) is 2.73. The Morgan fingerprint density at radius 3 is 2.61 bits per heavy atom. The molecule has 0 saturated carbocycles. The van der Waals surface area contributed by atoms with E-state index in [1.165, 1.54) is 36.0 Å². The molecule has 0 radical (unpaired) electrons. The van der Waals surface area contributed by atoms with Crippen molar-refractivity contribution in [3.63, 3.8) is 0 Å². The Hall–Kier alpha value is -0.540. The fourth-order valence-corrected chi connectivity index (χ4v) is 3.11. The van der Waals surface area contributed by atoms with E-state index in [4.69, 9.17) is 5.73 Å². The second-order valence-electron chi connectivity index (χ2n) is 5.71. The summed E-state index contributed by atoms with van der Waals surface area (Å²) in [4.78, 5) is 2.54. The van der Waals surface area contributed by atoms with Crippen molar-refractivity contribution in [2.75, 3.05) is 18.8 Å². The summed E-state index contributed by atoms with van der Waals surface area (Å²) in [5.41, 5.74) is 8.01. The molecule has 1 aliphatic rings. The van der Waals surface area contributed by atoms with Gasteiger partial charge in [0, 0.05) is 16.7 Å². The molecule has 0 aromatic heterocycles. The average Bonchev–Trinajstić information content (AvgIpc) is 2.34. The summed E-state index contributed by atoms with van der Waals surface area (Å²) in [5, 5.41) is 0. The highest BCUT2D eigenvalue weighted by molar-refractivity contribution is 9.10. The van der Waals surface area contributed by atoms with Crippen molar-refractivity contribution in [1.29, 1.82) is 0 Å². The molecule has 18 heavy (non-hydrogen) atoms. The lowest BCUT2D eigenvalue weighted by molar-refractivity contribution is 0.152. The summed E-state index contributed by atoms with van der Waals surface area (Å²) in [6.07, 6.45) is 2.66. The smallest absolute Gasteiger partial charge is 0.0318 e. The Bertz CT molecular complexity index is 395. The molecule has 1 heterocycles.